The van der Waals surface area contributed by atoms with Gasteiger partial charge in [0.15, 0.2) is 0 Å². The van der Waals surface area contributed by atoms with Crippen molar-refractivity contribution in [2.75, 3.05) is 20.3 Å². The summed E-state index contributed by atoms with van der Waals surface area (Å²) in [5.74, 6) is 0.933. The van der Waals surface area contributed by atoms with E-state index in [1.807, 2.05) is 43.3 Å². The standard InChI is InChI=1S/C23H25ClN2O4/c1-4-16-6-11-21(19(24)14-16)30-13-12-26-22(29-5-2)15-20(25-26)17-7-9-18(10-8-17)23(27)28-3/h6-11,14-15H,4-5,12-13H2,1-3H3. The fourth-order valence-electron chi connectivity index (χ4n) is 2.98. The molecule has 0 atom stereocenters. The summed E-state index contributed by atoms with van der Waals surface area (Å²) >= 11 is 6.30. The number of aromatic nitrogens is 2. The molecule has 0 unspecified atom stereocenters. The second-order valence-corrected chi connectivity index (χ2v) is 6.97. The molecule has 0 saturated heterocycles. The Balaban J connectivity index is 1.72. The molecule has 0 aliphatic carbocycles. The molecule has 7 heteroatoms. The number of hydrogen-bond donors (Lipinski definition) is 0. The lowest BCUT2D eigenvalue weighted by Gasteiger charge is -2.11. The minimum atomic E-state index is -0.370. The number of ether oxygens (including phenoxy) is 3. The van der Waals surface area contributed by atoms with Crippen LogP contribution in [0.4, 0.5) is 0 Å². The van der Waals surface area contributed by atoms with Crippen LogP contribution in [-0.2, 0) is 17.7 Å². The van der Waals surface area contributed by atoms with Crippen molar-refractivity contribution in [1.29, 1.82) is 0 Å². The van der Waals surface area contributed by atoms with Crippen molar-refractivity contribution in [1.82, 2.24) is 9.78 Å². The van der Waals surface area contributed by atoms with E-state index in [-0.39, 0.29) is 5.97 Å². The lowest BCUT2D eigenvalue weighted by atomic mass is 10.1. The number of methoxy groups -OCH3 is 1. The van der Waals surface area contributed by atoms with E-state index in [2.05, 4.69) is 12.0 Å². The van der Waals surface area contributed by atoms with Crippen molar-refractivity contribution >= 4 is 17.6 Å². The third-order valence-corrected chi connectivity index (χ3v) is 4.90. The van der Waals surface area contributed by atoms with Crippen LogP contribution in [0.3, 0.4) is 0 Å². The van der Waals surface area contributed by atoms with Crippen LogP contribution in [0.5, 0.6) is 11.6 Å². The maximum absolute atomic E-state index is 11.6. The van der Waals surface area contributed by atoms with Gasteiger partial charge in [-0.1, -0.05) is 36.7 Å². The van der Waals surface area contributed by atoms with Crippen molar-refractivity contribution in [3.63, 3.8) is 0 Å². The average molecular weight is 429 g/mol. The monoisotopic (exact) mass is 428 g/mol. The van der Waals surface area contributed by atoms with E-state index in [1.165, 1.54) is 12.7 Å². The van der Waals surface area contributed by atoms with Crippen LogP contribution in [-0.4, -0.2) is 36.1 Å². The Morgan fingerprint density at radius 2 is 1.83 bits per heavy atom. The summed E-state index contributed by atoms with van der Waals surface area (Å²) in [6.07, 6.45) is 0.925. The number of nitrogens with zero attached hydrogens (tertiary/aromatic N) is 2. The smallest absolute Gasteiger partial charge is 0.337 e. The summed E-state index contributed by atoms with van der Waals surface area (Å²) in [6.45, 7) is 5.43. The topological polar surface area (TPSA) is 62.6 Å². The third-order valence-electron chi connectivity index (χ3n) is 4.60. The Hall–Kier alpha value is -2.99. The zero-order chi connectivity index (χ0) is 21.5. The quantitative estimate of drug-likeness (QED) is 0.447. The van der Waals surface area contributed by atoms with Gasteiger partial charge in [-0.2, -0.15) is 5.10 Å². The van der Waals surface area contributed by atoms with Gasteiger partial charge in [-0.15, -0.1) is 0 Å². The summed E-state index contributed by atoms with van der Waals surface area (Å²) in [6, 6.07) is 14.8. The second kappa shape index (κ2) is 10.2. The summed E-state index contributed by atoms with van der Waals surface area (Å²) in [5, 5.41) is 5.24. The summed E-state index contributed by atoms with van der Waals surface area (Å²) in [7, 11) is 1.36. The molecule has 158 valence electrons. The van der Waals surface area contributed by atoms with Gasteiger partial charge in [0.1, 0.15) is 12.4 Å². The van der Waals surface area contributed by atoms with E-state index in [1.54, 1.807) is 16.8 Å². The van der Waals surface area contributed by atoms with Crippen molar-refractivity contribution in [2.24, 2.45) is 0 Å². The molecule has 0 N–H and O–H groups in total. The van der Waals surface area contributed by atoms with Gasteiger partial charge in [-0.3, -0.25) is 0 Å². The van der Waals surface area contributed by atoms with Crippen LogP contribution < -0.4 is 9.47 Å². The van der Waals surface area contributed by atoms with E-state index in [0.717, 1.165) is 17.7 Å². The van der Waals surface area contributed by atoms with Crippen molar-refractivity contribution < 1.29 is 19.0 Å². The zero-order valence-corrected chi connectivity index (χ0v) is 18.1. The van der Waals surface area contributed by atoms with Crippen molar-refractivity contribution in [3.05, 3.63) is 64.7 Å². The molecule has 1 aromatic heterocycles. The van der Waals surface area contributed by atoms with Gasteiger partial charge >= 0.3 is 5.97 Å². The zero-order valence-electron chi connectivity index (χ0n) is 17.4. The maximum atomic E-state index is 11.6. The largest absolute Gasteiger partial charge is 0.490 e. The summed E-state index contributed by atoms with van der Waals surface area (Å²) in [4.78, 5) is 11.6. The van der Waals surface area contributed by atoms with Gasteiger partial charge in [-0.05, 0) is 43.2 Å². The van der Waals surface area contributed by atoms with Crippen LogP contribution in [0.25, 0.3) is 11.3 Å². The molecule has 1 heterocycles. The highest BCUT2D eigenvalue weighted by molar-refractivity contribution is 6.32. The van der Waals surface area contributed by atoms with Crippen molar-refractivity contribution in [3.8, 4) is 22.9 Å². The number of aryl methyl sites for hydroxylation is 1. The Kier molecular flexibility index (Phi) is 7.36. The number of carbonyl (C=O) groups is 1. The Bertz CT molecular complexity index is 999. The van der Waals surface area contributed by atoms with Gasteiger partial charge < -0.3 is 14.2 Å². The number of esters is 1. The lowest BCUT2D eigenvalue weighted by Crippen LogP contribution is -2.11. The predicted molar refractivity (Wildman–Crippen MR) is 116 cm³/mol. The first-order chi connectivity index (χ1) is 14.5. The number of benzene rings is 2. The predicted octanol–water partition coefficient (Wildman–Crippen LogP) is 5.03. The van der Waals surface area contributed by atoms with E-state index in [0.29, 0.717) is 42.0 Å². The Morgan fingerprint density at radius 3 is 2.47 bits per heavy atom. The molecule has 3 aromatic rings. The molecule has 0 amide bonds. The van der Waals surface area contributed by atoms with E-state index in [4.69, 9.17) is 25.8 Å². The van der Waals surface area contributed by atoms with Crippen LogP contribution in [0.1, 0.15) is 29.8 Å². The molecule has 6 nitrogen and oxygen atoms in total. The first kappa shape index (κ1) is 21.7. The molecular formula is C23H25ClN2O4. The number of rotatable bonds is 9. The van der Waals surface area contributed by atoms with Crippen molar-refractivity contribution in [2.45, 2.75) is 26.8 Å². The SMILES string of the molecule is CCOc1cc(-c2ccc(C(=O)OC)cc2)nn1CCOc1ccc(CC)cc1Cl. The fourth-order valence-corrected chi connectivity index (χ4v) is 3.24. The molecular weight excluding hydrogens is 404 g/mol. The second-order valence-electron chi connectivity index (χ2n) is 6.56. The highest BCUT2D eigenvalue weighted by Gasteiger charge is 2.12. The first-order valence-corrected chi connectivity index (χ1v) is 10.2. The fraction of sp³-hybridized carbons (Fsp3) is 0.304. The van der Waals surface area contributed by atoms with Gasteiger partial charge in [0.2, 0.25) is 5.88 Å². The molecule has 30 heavy (non-hydrogen) atoms. The molecule has 0 spiro atoms. The molecule has 0 radical (unpaired) electrons. The van der Waals surface area contributed by atoms with Crippen LogP contribution in [0.15, 0.2) is 48.5 Å². The normalized spacial score (nSPS) is 10.7. The third kappa shape index (κ3) is 5.13. The number of halogens is 1. The molecule has 0 aliphatic heterocycles. The molecule has 0 saturated carbocycles. The summed E-state index contributed by atoms with van der Waals surface area (Å²) in [5.41, 5.74) is 3.28. The highest BCUT2D eigenvalue weighted by atomic mass is 35.5. The molecule has 0 aliphatic rings. The van der Waals surface area contributed by atoms with Gasteiger partial charge in [0, 0.05) is 11.6 Å². The van der Waals surface area contributed by atoms with Crippen LogP contribution >= 0.6 is 11.6 Å². The molecule has 0 fully saturated rings. The minimum Gasteiger partial charge on any atom is -0.490 e. The van der Waals surface area contributed by atoms with E-state index in [9.17, 15) is 4.79 Å². The van der Waals surface area contributed by atoms with Gasteiger partial charge in [0.05, 0.1) is 36.5 Å². The number of carbonyl (C=O) groups excluding carboxylic acids is 1. The molecule has 2 aromatic carbocycles. The van der Waals surface area contributed by atoms with Gasteiger partial charge in [-0.25, -0.2) is 9.48 Å². The maximum Gasteiger partial charge on any atom is 0.337 e. The molecule has 3 rings (SSSR count). The highest BCUT2D eigenvalue weighted by Crippen LogP contribution is 2.27. The van der Waals surface area contributed by atoms with Gasteiger partial charge in [0.25, 0.3) is 0 Å². The lowest BCUT2D eigenvalue weighted by molar-refractivity contribution is 0.0600. The van der Waals surface area contributed by atoms with Crippen LogP contribution in [0, 0.1) is 0 Å². The van der Waals surface area contributed by atoms with E-state index < -0.39 is 0 Å². The van der Waals surface area contributed by atoms with E-state index >= 15 is 0 Å². The average Bonchev–Trinajstić information content (AvgIpc) is 3.17. The summed E-state index contributed by atoms with van der Waals surface area (Å²) < 4.78 is 18.1. The van der Waals surface area contributed by atoms with Crippen LogP contribution in [0.2, 0.25) is 5.02 Å². The Morgan fingerprint density at radius 1 is 1.07 bits per heavy atom. The Labute approximate surface area is 181 Å². The minimum absolute atomic E-state index is 0.370. The molecule has 0 bridgehead atoms. The first-order valence-electron chi connectivity index (χ1n) is 9.86. The number of hydrogen-bond acceptors (Lipinski definition) is 5.